The average Bonchev–Trinajstić information content (AvgIpc) is 2.62. The van der Waals surface area contributed by atoms with E-state index in [0.29, 0.717) is 12.6 Å². The molecule has 1 heterocycles. The van der Waals surface area contributed by atoms with Crippen molar-refractivity contribution in [2.45, 2.75) is 32.4 Å². The first-order valence-corrected chi connectivity index (χ1v) is 8.58. The van der Waals surface area contributed by atoms with E-state index in [1.165, 1.54) is 0 Å². The molecule has 130 valence electrons. The van der Waals surface area contributed by atoms with Gasteiger partial charge in [-0.05, 0) is 19.0 Å². The molecule has 2 N–H and O–H groups in total. The van der Waals surface area contributed by atoms with Crippen LogP contribution in [-0.2, 0) is 0 Å². The Kier molecular flexibility index (Phi) is 6.69. The minimum Gasteiger partial charge on any atom is -0.497 e. The molecule has 1 aliphatic heterocycles. The first-order valence-electron chi connectivity index (χ1n) is 8.58. The van der Waals surface area contributed by atoms with E-state index in [1.54, 1.807) is 14.2 Å². The number of likely N-dealkylation sites (N-methyl/N-ethyl adjacent to an activating group) is 1. The Morgan fingerprint density at radius 1 is 1.22 bits per heavy atom. The molecule has 0 bridgehead atoms. The van der Waals surface area contributed by atoms with Crippen molar-refractivity contribution in [3.05, 3.63) is 23.8 Å². The van der Waals surface area contributed by atoms with E-state index in [1.807, 2.05) is 12.1 Å². The fourth-order valence-electron chi connectivity index (χ4n) is 3.53. The van der Waals surface area contributed by atoms with E-state index in [2.05, 4.69) is 29.7 Å². The maximum absolute atomic E-state index is 6.17. The highest BCUT2D eigenvalue weighted by molar-refractivity contribution is 5.42. The van der Waals surface area contributed by atoms with Crippen LogP contribution in [0.3, 0.4) is 0 Å². The van der Waals surface area contributed by atoms with Crippen LogP contribution in [0.4, 0.5) is 0 Å². The molecule has 1 fully saturated rings. The predicted octanol–water partition coefficient (Wildman–Crippen LogP) is 2.12. The van der Waals surface area contributed by atoms with E-state index < -0.39 is 0 Å². The summed E-state index contributed by atoms with van der Waals surface area (Å²) in [5, 5.41) is 0. The monoisotopic (exact) mass is 321 g/mol. The van der Waals surface area contributed by atoms with Gasteiger partial charge in [0.2, 0.25) is 0 Å². The van der Waals surface area contributed by atoms with Gasteiger partial charge in [-0.3, -0.25) is 4.90 Å². The SMILES string of the molecule is CCC1CN(CC)CCN1C(CN)c1ccc(OC)cc1OC. The van der Waals surface area contributed by atoms with E-state index in [4.69, 9.17) is 15.2 Å². The summed E-state index contributed by atoms with van der Waals surface area (Å²) in [5.74, 6) is 1.66. The quantitative estimate of drug-likeness (QED) is 0.834. The molecule has 0 aromatic heterocycles. The number of nitrogens with zero attached hydrogens (tertiary/aromatic N) is 2. The third kappa shape index (κ3) is 3.97. The largest absolute Gasteiger partial charge is 0.497 e. The van der Waals surface area contributed by atoms with Crippen molar-refractivity contribution in [2.75, 3.05) is 46.9 Å². The van der Waals surface area contributed by atoms with Crippen molar-refractivity contribution in [3.8, 4) is 11.5 Å². The highest BCUT2D eigenvalue weighted by Crippen LogP contribution is 2.34. The third-order valence-electron chi connectivity index (χ3n) is 4.95. The topological polar surface area (TPSA) is 51.0 Å². The van der Waals surface area contributed by atoms with E-state index in [-0.39, 0.29) is 6.04 Å². The van der Waals surface area contributed by atoms with Crippen LogP contribution in [0.2, 0.25) is 0 Å². The molecule has 0 aliphatic carbocycles. The number of hydrogen-bond acceptors (Lipinski definition) is 5. The molecule has 23 heavy (non-hydrogen) atoms. The lowest BCUT2D eigenvalue weighted by molar-refractivity contribution is 0.0420. The summed E-state index contributed by atoms with van der Waals surface area (Å²) in [6.07, 6.45) is 1.13. The standard InChI is InChI=1S/C18H31N3O2/c1-5-14-13-20(6-2)9-10-21(14)17(12-19)16-8-7-15(22-3)11-18(16)23-4/h7-8,11,14,17H,5-6,9-10,12-13,19H2,1-4H3. The van der Waals surface area contributed by atoms with Crippen molar-refractivity contribution < 1.29 is 9.47 Å². The van der Waals surface area contributed by atoms with E-state index >= 15 is 0 Å². The zero-order chi connectivity index (χ0) is 16.8. The fraction of sp³-hybridized carbons (Fsp3) is 0.667. The van der Waals surface area contributed by atoms with Crippen LogP contribution in [0, 0.1) is 0 Å². The molecule has 0 radical (unpaired) electrons. The average molecular weight is 321 g/mol. The van der Waals surface area contributed by atoms with Crippen molar-refractivity contribution in [3.63, 3.8) is 0 Å². The summed E-state index contributed by atoms with van der Waals surface area (Å²) < 4.78 is 10.9. The lowest BCUT2D eigenvalue weighted by Gasteiger charge is -2.45. The zero-order valence-corrected chi connectivity index (χ0v) is 14.9. The minimum absolute atomic E-state index is 0.180. The zero-order valence-electron chi connectivity index (χ0n) is 14.9. The van der Waals surface area contributed by atoms with Crippen molar-refractivity contribution in [2.24, 2.45) is 5.73 Å². The van der Waals surface area contributed by atoms with Crippen LogP contribution in [0.1, 0.15) is 31.9 Å². The highest BCUT2D eigenvalue weighted by Gasteiger charge is 2.32. The van der Waals surface area contributed by atoms with Gasteiger partial charge in [0.15, 0.2) is 0 Å². The summed E-state index contributed by atoms with van der Waals surface area (Å²) in [5.41, 5.74) is 7.32. The van der Waals surface area contributed by atoms with Gasteiger partial charge in [0, 0.05) is 43.9 Å². The van der Waals surface area contributed by atoms with Gasteiger partial charge in [0.25, 0.3) is 0 Å². The van der Waals surface area contributed by atoms with Gasteiger partial charge in [-0.25, -0.2) is 0 Å². The molecule has 1 aromatic carbocycles. The van der Waals surface area contributed by atoms with Crippen LogP contribution < -0.4 is 15.2 Å². The summed E-state index contributed by atoms with van der Waals surface area (Å²) in [7, 11) is 3.38. The molecule has 2 atom stereocenters. The van der Waals surface area contributed by atoms with Crippen LogP contribution in [0.5, 0.6) is 11.5 Å². The molecule has 5 heteroatoms. The molecule has 0 amide bonds. The summed E-state index contributed by atoms with van der Waals surface area (Å²) in [6.45, 7) is 9.45. The Bertz CT molecular complexity index is 495. The maximum atomic E-state index is 6.17. The van der Waals surface area contributed by atoms with Gasteiger partial charge < -0.3 is 20.1 Å². The second kappa shape index (κ2) is 8.52. The molecule has 1 saturated heterocycles. The Hall–Kier alpha value is -1.30. The highest BCUT2D eigenvalue weighted by atomic mass is 16.5. The summed E-state index contributed by atoms with van der Waals surface area (Å²) >= 11 is 0. The molecular formula is C18H31N3O2. The van der Waals surface area contributed by atoms with Gasteiger partial charge in [-0.2, -0.15) is 0 Å². The Labute approximate surface area is 140 Å². The number of ether oxygens (including phenoxy) is 2. The molecule has 5 nitrogen and oxygen atoms in total. The molecule has 0 saturated carbocycles. The summed E-state index contributed by atoms with van der Waals surface area (Å²) in [4.78, 5) is 5.07. The smallest absolute Gasteiger partial charge is 0.127 e. The number of rotatable bonds is 7. The van der Waals surface area contributed by atoms with Crippen molar-refractivity contribution in [1.29, 1.82) is 0 Å². The van der Waals surface area contributed by atoms with Gasteiger partial charge in [0.1, 0.15) is 11.5 Å². The molecular weight excluding hydrogens is 290 g/mol. The predicted molar refractivity (Wildman–Crippen MR) is 94.2 cm³/mol. The van der Waals surface area contributed by atoms with Crippen LogP contribution >= 0.6 is 0 Å². The second-order valence-corrected chi connectivity index (χ2v) is 6.05. The van der Waals surface area contributed by atoms with Crippen LogP contribution in [-0.4, -0.2) is 62.8 Å². The first-order chi connectivity index (χ1) is 11.2. The number of piperazine rings is 1. The molecule has 1 aliphatic rings. The number of benzene rings is 1. The Morgan fingerprint density at radius 3 is 2.57 bits per heavy atom. The lowest BCUT2D eigenvalue weighted by atomic mass is 9.99. The Balaban J connectivity index is 2.28. The molecule has 1 aromatic rings. The van der Waals surface area contributed by atoms with Gasteiger partial charge in [-0.1, -0.05) is 19.9 Å². The number of nitrogens with two attached hydrogens (primary N) is 1. The van der Waals surface area contributed by atoms with Crippen LogP contribution in [0.15, 0.2) is 18.2 Å². The van der Waals surface area contributed by atoms with E-state index in [9.17, 15) is 0 Å². The normalized spacial score (nSPS) is 21.2. The first kappa shape index (κ1) is 18.0. The fourth-order valence-corrected chi connectivity index (χ4v) is 3.53. The van der Waals surface area contributed by atoms with Crippen molar-refractivity contribution >= 4 is 0 Å². The lowest BCUT2D eigenvalue weighted by Crippen LogP contribution is -2.54. The summed E-state index contributed by atoms with van der Waals surface area (Å²) in [6, 6.07) is 6.74. The van der Waals surface area contributed by atoms with Crippen LogP contribution in [0.25, 0.3) is 0 Å². The minimum atomic E-state index is 0.180. The molecule has 0 spiro atoms. The maximum Gasteiger partial charge on any atom is 0.127 e. The molecule has 2 unspecified atom stereocenters. The molecule has 2 rings (SSSR count). The van der Waals surface area contributed by atoms with Gasteiger partial charge in [-0.15, -0.1) is 0 Å². The number of methoxy groups -OCH3 is 2. The van der Waals surface area contributed by atoms with Crippen molar-refractivity contribution in [1.82, 2.24) is 9.80 Å². The van der Waals surface area contributed by atoms with Gasteiger partial charge >= 0.3 is 0 Å². The van der Waals surface area contributed by atoms with Gasteiger partial charge in [0.05, 0.1) is 20.3 Å². The third-order valence-corrected chi connectivity index (χ3v) is 4.95. The van der Waals surface area contributed by atoms with E-state index in [0.717, 1.165) is 49.7 Å². The number of hydrogen-bond donors (Lipinski definition) is 1. The Morgan fingerprint density at radius 2 is 2.00 bits per heavy atom. The second-order valence-electron chi connectivity index (χ2n) is 6.05.